The predicted octanol–water partition coefficient (Wildman–Crippen LogP) is 1.23. The van der Waals surface area contributed by atoms with Crippen LogP contribution in [-0.4, -0.2) is 69.7 Å². The highest BCUT2D eigenvalue weighted by Crippen LogP contribution is 2.51. The molecule has 2 amide bonds. The maximum atomic E-state index is 12.6. The summed E-state index contributed by atoms with van der Waals surface area (Å²) in [5.74, 6) is -2.06. The van der Waals surface area contributed by atoms with Crippen molar-refractivity contribution in [2.75, 3.05) is 13.4 Å². The van der Waals surface area contributed by atoms with Gasteiger partial charge in [-0.05, 0) is 31.0 Å². The van der Waals surface area contributed by atoms with E-state index in [-0.39, 0.29) is 34.7 Å². The molecule has 0 saturated carbocycles. The van der Waals surface area contributed by atoms with Crippen LogP contribution in [0.25, 0.3) is 0 Å². The number of carbonyl (C=O) groups excluding carboxylic acids is 2. The number of aliphatic hydroxyl groups is 1. The number of halogens is 1. The summed E-state index contributed by atoms with van der Waals surface area (Å²) >= 11 is 1.40. The summed E-state index contributed by atoms with van der Waals surface area (Å²) in [7, 11) is 0. The Morgan fingerprint density at radius 2 is 2.06 bits per heavy atom. The van der Waals surface area contributed by atoms with Crippen molar-refractivity contribution in [1.29, 1.82) is 0 Å². The number of benzene rings is 1. The van der Waals surface area contributed by atoms with Crippen LogP contribution in [0.1, 0.15) is 25.8 Å². The Morgan fingerprint density at radius 3 is 2.68 bits per heavy atom. The maximum Gasteiger partial charge on any atom is 0.353 e. The first kappa shape index (κ1) is 24.5. The first-order chi connectivity index (χ1) is 16.2. The molecule has 1 aromatic carbocycles. The van der Waals surface area contributed by atoms with Crippen molar-refractivity contribution in [3.8, 4) is 5.75 Å². The number of amides is 2. The van der Waals surface area contributed by atoms with Gasteiger partial charge in [-0.15, -0.1) is 11.8 Å². The molecule has 3 aliphatic heterocycles. The van der Waals surface area contributed by atoms with Gasteiger partial charge in [0.25, 0.3) is 0 Å². The summed E-state index contributed by atoms with van der Waals surface area (Å²) in [6.45, 7) is 3.38. The zero-order valence-electron chi connectivity index (χ0n) is 18.9. The van der Waals surface area contributed by atoms with E-state index in [1.807, 2.05) is 6.92 Å². The second kappa shape index (κ2) is 9.93. The number of hydrogen-bond donors (Lipinski definition) is 4. The SMILES string of the molecule is CC(O)C1C(=O)N2C(C(=O)O)=C(SC3CNC(C(=O)NCc4ccc(OCF)cc4)C3)C(C)C12. The molecule has 9 nitrogen and oxygen atoms in total. The number of hydrogen-bond acceptors (Lipinski definition) is 7. The first-order valence-electron chi connectivity index (χ1n) is 11.2. The minimum atomic E-state index is -1.16. The van der Waals surface area contributed by atoms with Gasteiger partial charge in [0.1, 0.15) is 11.4 Å². The molecule has 0 aromatic heterocycles. The van der Waals surface area contributed by atoms with Crippen LogP contribution < -0.4 is 15.4 Å². The molecule has 184 valence electrons. The van der Waals surface area contributed by atoms with Crippen molar-refractivity contribution in [1.82, 2.24) is 15.5 Å². The maximum absolute atomic E-state index is 12.6. The van der Waals surface area contributed by atoms with Crippen molar-refractivity contribution in [3.05, 3.63) is 40.4 Å². The second-order valence-corrected chi connectivity index (χ2v) is 10.2. The highest BCUT2D eigenvalue weighted by atomic mass is 32.2. The number of carbonyl (C=O) groups is 3. The standard InChI is InChI=1S/C23H28FN3O6S/c1-11-18-17(12(2)28)22(30)27(18)19(23(31)32)20(11)34-15-7-16(25-9-15)21(29)26-8-13-3-5-14(6-4-13)33-10-24/h3-6,11-12,15-18,25,28H,7-10H2,1-2H3,(H,26,29)(H,31,32). The molecule has 0 spiro atoms. The molecule has 0 aliphatic carbocycles. The third-order valence-electron chi connectivity index (χ3n) is 6.62. The summed E-state index contributed by atoms with van der Waals surface area (Å²) in [6, 6.07) is 6.00. The fraction of sp³-hybridized carbons (Fsp3) is 0.522. The van der Waals surface area contributed by atoms with Gasteiger partial charge >= 0.3 is 5.97 Å². The van der Waals surface area contributed by atoms with Crippen LogP contribution in [0.5, 0.6) is 5.75 Å². The Morgan fingerprint density at radius 1 is 1.35 bits per heavy atom. The molecule has 34 heavy (non-hydrogen) atoms. The third kappa shape index (κ3) is 4.51. The van der Waals surface area contributed by atoms with Crippen LogP contribution in [-0.2, 0) is 20.9 Å². The van der Waals surface area contributed by atoms with E-state index in [1.54, 1.807) is 31.2 Å². The predicted molar refractivity (Wildman–Crippen MR) is 122 cm³/mol. The summed E-state index contributed by atoms with van der Waals surface area (Å²) in [6.07, 6.45) is -0.328. The second-order valence-electron chi connectivity index (χ2n) is 8.82. The zero-order valence-corrected chi connectivity index (χ0v) is 19.7. The smallest absolute Gasteiger partial charge is 0.353 e. The number of thioether (sulfide) groups is 1. The summed E-state index contributed by atoms with van der Waals surface area (Å²) in [4.78, 5) is 39.0. The number of aliphatic carboxylic acids is 1. The molecule has 2 fully saturated rings. The van der Waals surface area contributed by atoms with Crippen molar-refractivity contribution in [3.63, 3.8) is 0 Å². The van der Waals surface area contributed by atoms with Crippen LogP contribution in [0.15, 0.2) is 34.9 Å². The summed E-state index contributed by atoms with van der Waals surface area (Å²) < 4.78 is 17.0. The lowest BCUT2D eigenvalue weighted by Crippen LogP contribution is -2.63. The van der Waals surface area contributed by atoms with E-state index in [0.29, 0.717) is 30.2 Å². The number of nitrogens with one attached hydrogen (secondary N) is 2. The third-order valence-corrected chi connectivity index (χ3v) is 8.13. The average molecular weight is 494 g/mol. The molecular weight excluding hydrogens is 465 g/mol. The average Bonchev–Trinajstić information content (AvgIpc) is 3.35. The molecule has 4 N–H and O–H groups in total. The minimum Gasteiger partial charge on any atom is -0.477 e. The van der Waals surface area contributed by atoms with Gasteiger partial charge < -0.3 is 30.5 Å². The number of fused-ring (bicyclic) bond motifs is 1. The normalized spacial score (nSPS) is 29.0. The molecular formula is C23H28FN3O6S. The fourth-order valence-electron chi connectivity index (χ4n) is 4.93. The van der Waals surface area contributed by atoms with Gasteiger partial charge in [0.2, 0.25) is 18.7 Å². The molecule has 0 bridgehead atoms. The summed E-state index contributed by atoms with van der Waals surface area (Å²) in [5, 5.41) is 25.8. The minimum absolute atomic E-state index is 0.00233. The van der Waals surface area contributed by atoms with Crippen molar-refractivity contribution < 1.29 is 33.7 Å². The Hall–Kier alpha value is -2.63. The monoisotopic (exact) mass is 493 g/mol. The largest absolute Gasteiger partial charge is 0.477 e. The Labute approximate surface area is 200 Å². The Balaban J connectivity index is 1.35. The molecule has 3 aliphatic rings. The lowest BCUT2D eigenvalue weighted by Gasteiger charge is -2.46. The molecule has 1 aromatic rings. The first-order valence-corrected chi connectivity index (χ1v) is 12.0. The van der Waals surface area contributed by atoms with Crippen LogP contribution in [0.4, 0.5) is 4.39 Å². The topological polar surface area (TPSA) is 128 Å². The lowest BCUT2D eigenvalue weighted by atomic mass is 9.79. The Bertz CT molecular complexity index is 1000. The highest BCUT2D eigenvalue weighted by molar-refractivity contribution is 8.03. The number of carboxylic acid groups (broad SMARTS) is 1. The highest BCUT2D eigenvalue weighted by Gasteiger charge is 2.60. The van der Waals surface area contributed by atoms with E-state index in [1.165, 1.54) is 16.7 Å². The number of alkyl halides is 1. The number of ether oxygens (including phenoxy) is 1. The quantitative estimate of drug-likeness (QED) is 0.378. The lowest BCUT2D eigenvalue weighted by molar-refractivity contribution is -0.163. The van der Waals surface area contributed by atoms with E-state index in [9.17, 15) is 29.0 Å². The molecule has 6 atom stereocenters. The Kier molecular flexibility index (Phi) is 7.15. The van der Waals surface area contributed by atoms with Gasteiger partial charge in [0.05, 0.1) is 24.1 Å². The van der Waals surface area contributed by atoms with E-state index in [2.05, 4.69) is 10.6 Å². The van der Waals surface area contributed by atoms with E-state index in [4.69, 9.17) is 4.74 Å². The molecule has 11 heteroatoms. The molecule has 3 heterocycles. The molecule has 0 radical (unpaired) electrons. The number of carboxylic acids is 1. The van der Waals surface area contributed by atoms with Crippen molar-refractivity contribution in [2.45, 2.75) is 50.3 Å². The van der Waals surface area contributed by atoms with Gasteiger partial charge in [-0.3, -0.25) is 9.59 Å². The fourth-order valence-corrected chi connectivity index (χ4v) is 6.41. The van der Waals surface area contributed by atoms with Gasteiger partial charge in [-0.2, -0.15) is 0 Å². The van der Waals surface area contributed by atoms with E-state index in [0.717, 1.165) is 5.56 Å². The number of β-lactam (4-membered cyclic amide) rings is 1. The van der Waals surface area contributed by atoms with Crippen molar-refractivity contribution >= 4 is 29.5 Å². The number of rotatable bonds is 9. The van der Waals surface area contributed by atoms with Crippen LogP contribution in [0, 0.1) is 11.8 Å². The molecule has 6 unspecified atom stereocenters. The van der Waals surface area contributed by atoms with Crippen LogP contribution in [0.2, 0.25) is 0 Å². The molecule has 2 saturated heterocycles. The van der Waals surface area contributed by atoms with Crippen LogP contribution in [0.3, 0.4) is 0 Å². The van der Waals surface area contributed by atoms with Gasteiger partial charge in [-0.1, -0.05) is 19.1 Å². The number of aliphatic hydroxyl groups excluding tert-OH is 1. The molecule has 4 rings (SSSR count). The van der Waals surface area contributed by atoms with Crippen molar-refractivity contribution in [2.24, 2.45) is 11.8 Å². The summed E-state index contributed by atoms with van der Waals surface area (Å²) in [5.41, 5.74) is 0.846. The van der Waals surface area contributed by atoms with E-state index >= 15 is 0 Å². The number of nitrogens with zero attached hydrogens (tertiary/aromatic N) is 1. The van der Waals surface area contributed by atoms with Gasteiger partial charge in [0.15, 0.2) is 0 Å². The van der Waals surface area contributed by atoms with Gasteiger partial charge in [0, 0.05) is 29.2 Å². The van der Waals surface area contributed by atoms with Crippen LogP contribution >= 0.6 is 11.8 Å². The van der Waals surface area contributed by atoms with Gasteiger partial charge in [-0.25, -0.2) is 9.18 Å². The zero-order chi connectivity index (χ0) is 24.6. The van der Waals surface area contributed by atoms with E-state index < -0.39 is 30.9 Å².